The molecule has 3 amide bonds. The maximum Gasteiger partial charge on any atom is 0.246 e. The Kier molecular flexibility index (Phi) is 8.82. The van der Waals surface area contributed by atoms with Gasteiger partial charge in [0.25, 0.3) is 0 Å². The van der Waals surface area contributed by atoms with Crippen LogP contribution in [-0.2, 0) is 27.2 Å². The molecule has 7 heteroatoms. The van der Waals surface area contributed by atoms with E-state index in [4.69, 9.17) is 5.73 Å². The molecule has 0 unspecified atom stereocenters. The molecule has 0 aliphatic carbocycles. The summed E-state index contributed by atoms with van der Waals surface area (Å²) in [6, 6.07) is 22.4. The Morgan fingerprint density at radius 3 is 2.46 bits per heavy atom. The molecule has 3 N–H and O–H groups in total. The predicted octanol–water partition coefficient (Wildman–Crippen LogP) is 3.46. The van der Waals surface area contributed by atoms with E-state index in [-0.39, 0.29) is 17.7 Å². The summed E-state index contributed by atoms with van der Waals surface area (Å²) >= 11 is 0. The molecule has 2 atom stereocenters. The average Bonchev–Trinajstić information content (AvgIpc) is 2.92. The number of hydrogen-bond acceptors (Lipinski definition) is 4. The van der Waals surface area contributed by atoms with Gasteiger partial charge in [0.05, 0.1) is 0 Å². The van der Waals surface area contributed by atoms with E-state index in [9.17, 15) is 14.4 Å². The van der Waals surface area contributed by atoms with Crippen molar-refractivity contribution in [3.63, 3.8) is 0 Å². The van der Waals surface area contributed by atoms with Crippen LogP contribution in [0, 0.1) is 0 Å². The third-order valence-electron chi connectivity index (χ3n) is 7.13. The van der Waals surface area contributed by atoms with Gasteiger partial charge in [-0.1, -0.05) is 78.9 Å². The number of nitrogens with two attached hydrogens (primary N) is 1. The third kappa shape index (κ3) is 7.33. The minimum absolute atomic E-state index is 0.179. The lowest BCUT2D eigenvalue weighted by Crippen LogP contribution is -2.62. The molecule has 3 aromatic rings. The quantitative estimate of drug-likeness (QED) is 0.418. The summed E-state index contributed by atoms with van der Waals surface area (Å²) in [4.78, 5) is 43.6. The molecule has 3 aromatic carbocycles. The van der Waals surface area contributed by atoms with Gasteiger partial charge >= 0.3 is 0 Å². The number of likely N-dealkylation sites (N-methyl/N-ethyl adjacent to an activating group) is 1. The number of amides is 3. The highest BCUT2D eigenvalue weighted by Crippen LogP contribution is 2.21. The Hall–Kier alpha value is -3.97. The van der Waals surface area contributed by atoms with Crippen molar-refractivity contribution in [1.29, 1.82) is 0 Å². The highest BCUT2D eigenvalue weighted by Gasteiger charge is 2.38. The number of benzene rings is 3. The van der Waals surface area contributed by atoms with Crippen molar-refractivity contribution in [3.05, 3.63) is 96.1 Å². The maximum atomic E-state index is 14.2. The zero-order valence-corrected chi connectivity index (χ0v) is 23.0. The molecule has 0 spiro atoms. The molecule has 1 heterocycles. The van der Waals surface area contributed by atoms with Crippen molar-refractivity contribution in [2.45, 2.75) is 50.7 Å². The Morgan fingerprint density at radius 1 is 1.05 bits per heavy atom. The first-order chi connectivity index (χ1) is 18.6. The van der Waals surface area contributed by atoms with Crippen LogP contribution in [0.5, 0.6) is 0 Å². The van der Waals surface area contributed by atoms with Gasteiger partial charge in [0, 0.05) is 38.5 Å². The number of carbonyl (C=O) groups excluding carboxylic acids is 3. The van der Waals surface area contributed by atoms with Gasteiger partial charge in [-0.05, 0) is 48.2 Å². The summed E-state index contributed by atoms with van der Waals surface area (Å²) in [6.45, 7) is 4.55. The molecule has 0 saturated carbocycles. The van der Waals surface area contributed by atoms with E-state index >= 15 is 0 Å². The molecule has 0 bridgehead atoms. The van der Waals surface area contributed by atoms with Gasteiger partial charge in [-0.2, -0.15) is 0 Å². The topological polar surface area (TPSA) is 95.7 Å². The molecule has 204 valence electrons. The first-order valence-corrected chi connectivity index (χ1v) is 13.4. The number of fused-ring (bicyclic) bond motifs is 1. The summed E-state index contributed by atoms with van der Waals surface area (Å²) in [6.07, 6.45) is 4.51. The van der Waals surface area contributed by atoms with Crippen molar-refractivity contribution in [1.82, 2.24) is 15.1 Å². The van der Waals surface area contributed by atoms with Gasteiger partial charge in [-0.15, -0.1) is 0 Å². The fourth-order valence-electron chi connectivity index (χ4n) is 4.92. The van der Waals surface area contributed by atoms with Crippen molar-refractivity contribution in [2.24, 2.45) is 5.73 Å². The first-order valence-electron chi connectivity index (χ1n) is 13.4. The van der Waals surface area contributed by atoms with Gasteiger partial charge in [-0.3, -0.25) is 14.4 Å². The van der Waals surface area contributed by atoms with Crippen molar-refractivity contribution in [3.8, 4) is 0 Å². The average molecular weight is 527 g/mol. The third-order valence-corrected chi connectivity index (χ3v) is 7.13. The first kappa shape index (κ1) is 28.0. The summed E-state index contributed by atoms with van der Waals surface area (Å²) in [7, 11) is 1.65. The smallest absolute Gasteiger partial charge is 0.246 e. The summed E-state index contributed by atoms with van der Waals surface area (Å²) < 4.78 is 0. The van der Waals surface area contributed by atoms with Gasteiger partial charge < -0.3 is 20.9 Å². The van der Waals surface area contributed by atoms with Crippen LogP contribution < -0.4 is 11.1 Å². The van der Waals surface area contributed by atoms with Crippen LogP contribution in [0.4, 0.5) is 0 Å². The molecule has 4 rings (SSSR count). The van der Waals surface area contributed by atoms with E-state index in [1.165, 1.54) is 11.0 Å². The van der Waals surface area contributed by atoms with Gasteiger partial charge in [-0.25, -0.2) is 0 Å². The molecule has 0 radical (unpaired) electrons. The van der Waals surface area contributed by atoms with E-state index in [1.807, 2.05) is 80.6 Å². The Labute approximate surface area is 230 Å². The van der Waals surface area contributed by atoms with Crippen LogP contribution in [0.25, 0.3) is 10.8 Å². The molecule has 0 aromatic heterocycles. The van der Waals surface area contributed by atoms with Crippen molar-refractivity contribution < 1.29 is 14.4 Å². The van der Waals surface area contributed by atoms with E-state index < -0.39 is 17.6 Å². The minimum Gasteiger partial charge on any atom is -0.353 e. The number of rotatable bonds is 9. The lowest BCUT2D eigenvalue weighted by Gasteiger charge is -2.39. The van der Waals surface area contributed by atoms with Crippen LogP contribution in [-0.4, -0.2) is 65.3 Å². The van der Waals surface area contributed by atoms with Gasteiger partial charge in [0.15, 0.2) is 0 Å². The monoisotopic (exact) mass is 526 g/mol. The summed E-state index contributed by atoms with van der Waals surface area (Å²) in [5.41, 5.74) is 7.54. The normalized spacial score (nSPS) is 16.8. The van der Waals surface area contributed by atoms with Crippen LogP contribution in [0.2, 0.25) is 0 Å². The molecule has 1 saturated heterocycles. The van der Waals surface area contributed by atoms with Gasteiger partial charge in [0.2, 0.25) is 17.7 Å². The van der Waals surface area contributed by atoms with Crippen LogP contribution in [0.15, 0.2) is 84.9 Å². The lowest BCUT2D eigenvalue weighted by molar-refractivity contribution is -0.149. The summed E-state index contributed by atoms with van der Waals surface area (Å²) in [5, 5.41) is 5.08. The highest BCUT2D eigenvalue weighted by molar-refractivity contribution is 5.95. The van der Waals surface area contributed by atoms with E-state index in [0.29, 0.717) is 32.4 Å². The molecule has 7 nitrogen and oxygen atoms in total. The van der Waals surface area contributed by atoms with Crippen LogP contribution in [0.1, 0.15) is 31.4 Å². The van der Waals surface area contributed by atoms with Crippen LogP contribution in [0.3, 0.4) is 0 Å². The number of carbonyl (C=O) groups is 3. The Morgan fingerprint density at radius 2 is 1.74 bits per heavy atom. The predicted molar refractivity (Wildman–Crippen MR) is 155 cm³/mol. The fraction of sp³-hybridized carbons (Fsp3) is 0.344. The van der Waals surface area contributed by atoms with E-state index in [1.54, 1.807) is 18.0 Å². The number of piperazine rings is 1. The molecular formula is C32H38N4O3. The second-order valence-corrected chi connectivity index (χ2v) is 11.0. The molecule has 1 aliphatic heterocycles. The maximum absolute atomic E-state index is 14.2. The van der Waals surface area contributed by atoms with E-state index in [0.717, 1.165) is 21.9 Å². The van der Waals surface area contributed by atoms with Crippen molar-refractivity contribution in [2.75, 3.05) is 20.1 Å². The highest BCUT2D eigenvalue weighted by atomic mass is 16.2. The molecule has 1 aliphatic rings. The second kappa shape index (κ2) is 12.3. The Bertz CT molecular complexity index is 1350. The second-order valence-electron chi connectivity index (χ2n) is 11.0. The van der Waals surface area contributed by atoms with Crippen LogP contribution >= 0.6 is 0 Å². The lowest BCUT2D eigenvalue weighted by atomic mass is 9.97. The zero-order chi connectivity index (χ0) is 28.0. The zero-order valence-electron chi connectivity index (χ0n) is 23.0. The molecule has 1 fully saturated rings. The standard InChI is InChI=1S/C32H38N4O3/c1-32(2,33)17-9-14-29(37)35(3)28(22-24-15-16-25-12-7-8-13-26(25)20-24)31(39)36-19-18-34-30(38)27(36)21-23-10-5-4-6-11-23/h4-16,20,27-28H,17-19,21-22,33H2,1-3H3,(H,34,38)/b14-9+/t27-,28-/m1/s1. The number of nitrogens with one attached hydrogen (secondary N) is 1. The number of nitrogens with zero attached hydrogens (tertiary/aromatic N) is 2. The molecule has 39 heavy (non-hydrogen) atoms. The molecular weight excluding hydrogens is 488 g/mol. The Balaban J connectivity index is 1.64. The largest absolute Gasteiger partial charge is 0.353 e. The SMILES string of the molecule is CN(C(=O)/C=C/CC(C)(C)N)[C@H](Cc1ccc2ccccc2c1)C(=O)N1CCNC(=O)[C@H]1Cc1ccccc1. The minimum atomic E-state index is -0.779. The number of hydrogen-bond donors (Lipinski definition) is 2. The summed E-state index contributed by atoms with van der Waals surface area (Å²) in [5.74, 6) is -0.691. The van der Waals surface area contributed by atoms with Crippen molar-refractivity contribution >= 4 is 28.5 Å². The van der Waals surface area contributed by atoms with Gasteiger partial charge in [0.1, 0.15) is 12.1 Å². The fourth-order valence-corrected chi connectivity index (χ4v) is 4.92. The van der Waals surface area contributed by atoms with E-state index in [2.05, 4.69) is 11.4 Å².